The highest BCUT2D eigenvalue weighted by Gasteiger charge is 2.53. The van der Waals surface area contributed by atoms with E-state index in [9.17, 15) is 9.59 Å². The molecule has 3 aliphatic rings. The number of amides is 3. The number of aliphatic imine (C=N–C) groups is 1. The smallest absolute Gasteiger partial charge is 0.328 e. The van der Waals surface area contributed by atoms with Gasteiger partial charge in [0.2, 0.25) is 5.96 Å². The van der Waals surface area contributed by atoms with E-state index in [0.29, 0.717) is 13.1 Å². The van der Waals surface area contributed by atoms with Gasteiger partial charge in [0.1, 0.15) is 5.75 Å². The van der Waals surface area contributed by atoms with Crippen LogP contribution in [0.15, 0.2) is 41.2 Å². The summed E-state index contributed by atoms with van der Waals surface area (Å²) in [5.74, 6) is 1.35. The van der Waals surface area contributed by atoms with E-state index in [0.717, 1.165) is 29.4 Å². The topological polar surface area (TPSA) is 68.7 Å². The van der Waals surface area contributed by atoms with Crippen molar-refractivity contribution in [1.82, 2.24) is 19.6 Å². The van der Waals surface area contributed by atoms with E-state index in [2.05, 4.69) is 4.90 Å². The van der Waals surface area contributed by atoms with Crippen molar-refractivity contribution in [1.29, 1.82) is 0 Å². The van der Waals surface area contributed by atoms with E-state index in [-0.39, 0.29) is 11.9 Å². The first-order valence-electron chi connectivity index (χ1n) is 9.49. The molecule has 1 aromatic rings. The Balaban J connectivity index is 1.61. The van der Waals surface area contributed by atoms with Crippen molar-refractivity contribution in [2.75, 3.05) is 20.7 Å². The second-order valence-corrected chi connectivity index (χ2v) is 7.28. The summed E-state index contributed by atoms with van der Waals surface area (Å²) in [6.45, 7) is 5.02. The fraction of sp³-hybridized carbons (Fsp3) is 0.450. The number of nitrogens with zero attached hydrogens (tertiary/aromatic N) is 5. The molecular formula is C20H25N5O3. The van der Waals surface area contributed by atoms with Crippen LogP contribution in [0.1, 0.15) is 25.8 Å². The lowest BCUT2D eigenvalue weighted by Crippen LogP contribution is -2.64. The summed E-state index contributed by atoms with van der Waals surface area (Å²) in [6.07, 6.45) is 2.19. The normalized spacial score (nSPS) is 23.7. The first-order valence-corrected chi connectivity index (χ1v) is 9.49. The number of carbonyl (C=O) groups is 2. The van der Waals surface area contributed by atoms with Gasteiger partial charge in [0.25, 0.3) is 5.91 Å². The molecule has 2 unspecified atom stereocenters. The highest BCUT2D eigenvalue weighted by atomic mass is 16.5. The fourth-order valence-electron chi connectivity index (χ4n) is 3.94. The van der Waals surface area contributed by atoms with Gasteiger partial charge in [-0.25, -0.2) is 9.79 Å². The molecule has 0 saturated carbocycles. The average molecular weight is 383 g/mol. The Labute approximate surface area is 164 Å². The molecule has 4 rings (SSSR count). The Hall–Kier alpha value is -3.03. The summed E-state index contributed by atoms with van der Waals surface area (Å²) in [5, 5.41) is 0. The van der Waals surface area contributed by atoms with Crippen LogP contribution in [-0.4, -0.2) is 70.4 Å². The van der Waals surface area contributed by atoms with Crippen LogP contribution in [0.4, 0.5) is 4.79 Å². The van der Waals surface area contributed by atoms with Gasteiger partial charge in [-0.1, -0.05) is 19.1 Å². The van der Waals surface area contributed by atoms with Gasteiger partial charge in [0, 0.05) is 25.5 Å². The van der Waals surface area contributed by atoms with Crippen LogP contribution in [-0.2, 0) is 11.3 Å². The summed E-state index contributed by atoms with van der Waals surface area (Å²) < 4.78 is 5.22. The summed E-state index contributed by atoms with van der Waals surface area (Å²) >= 11 is 0. The summed E-state index contributed by atoms with van der Waals surface area (Å²) in [6, 6.07) is 7.11. The molecule has 2 atom stereocenters. The fourth-order valence-corrected chi connectivity index (χ4v) is 3.94. The number of carbonyl (C=O) groups excluding carboxylic acids is 2. The van der Waals surface area contributed by atoms with Crippen LogP contribution >= 0.6 is 0 Å². The Bertz CT molecular complexity index is 863. The predicted octanol–water partition coefficient (Wildman–Crippen LogP) is 2.04. The Morgan fingerprint density at radius 1 is 1.14 bits per heavy atom. The van der Waals surface area contributed by atoms with Crippen molar-refractivity contribution in [3.8, 4) is 5.75 Å². The number of urea groups is 1. The van der Waals surface area contributed by atoms with Gasteiger partial charge in [0.15, 0.2) is 12.2 Å². The largest absolute Gasteiger partial charge is 0.497 e. The lowest BCUT2D eigenvalue weighted by Gasteiger charge is -2.40. The van der Waals surface area contributed by atoms with Gasteiger partial charge >= 0.3 is 6.03 Å². The minimum atomic E-state index is -0.500. The number of ether oxygens (including phenoxy) is 1. The molecular weight excluding hydrogens is 358 g/mol. The maximum Gasteiger partial charge on any atom is 0.328 e. The molecule has 148 valence electrons. The van der Waals surface area contributed by atoms with Crippen LogP contribution in [0.25, 0.3) is 0 Å². The number of allylic oxidation sites excluding steroid dienone is 1. The molecule has 1 aromatic carbocycles. The van der Waals surface area contributed by atoms with E-state index >= 15 is 0 Å². The third-order valence-electron chi connectivity index (χ3n) is 5.45. The van der Waals surface area contributed by atoms with Crippen LogP contribution in [0.3, 0.4) is 0 Å². The number of imide groups is 1. The predicted molar refractivity (Wildman–Crippen MR) is 104 cm³/mol. The van der Waals surface area contributed by atoms with Crippen LogP contribution in [0, 0.1) is 0 Å². The molecule has 0 aliphatic carbocycles. The van der Waals surface area contributed by atoms with Gasteiger partial charge in [-0.2, -0.15) is 0 Å². The molecule has 28 heavy (non-hydrogen) atoms. The number of fused-ring (bicyclic) bond motifs is 3. The molecule has 1 saturated heterocycles. The van der Waals surface area contributed by atoms with Gasteiger partial charge < -0.3 is 19.4 Å². The lowest BCUT2D eigenvalue weighted by atomic mass is 10.1. The first-order chi connectivity index (χ1) is 13.5. The molecule has 0 radical (unpaired) electrons. The number of benzene rings is 1. The second kappa shape index (κ2) is 6.85. The zero-order chi connectivity index (χ0) is 20.0. The minimum absolute atomic E-state index is 0.177. The molecule has 3 amide bonds. The molecule has 0 bridgehead atoms. The number of rotatable bonds is 5. The number of methoxy groups -OCH3 is 1. The van der Waals surface area contributed by atoms with Crippen molar-refractivity contribution >= 4 is 17.9 Å². The minimum Gasteiger partial charge on any atom is -0.497 e. The Kier molecular flexibility index (Phi) is 4.49. The van der Waals surface area contributed by atoms with Gasteiger partial charge in [-0.3, -0.25) is 9.69 Å². The SMILES string of the molecule is CCCN1C(=O)C2C(N=C3N(Cc4ccc(OC)cc4)C(C)=CN32)N(C)C1=O. The zero-order valence-corrected chi connectivity index (χ0v) is 16.6. The van der Waals surface area contributed by atoms with E-state index in [1.807, 2.05) is 49.2 Å². The van der Waals surface area contributed by atoms with Crippen LogP contribution < -0.4 is 4.74 Å². The van der Waals surface area contributed by atoms with Crippen molar-refractivity contribution in [3.63, 3.8) is 0 Å². The monoisotopic (exact) mass is 383 g/mol. The Morgan fingerprint density at radius 2 is 1.86 bits per heavy atom. The Morgan fingerprint density at radius 3 is 2.50 bits per heavy atom. The van der Waals surface area contributed by atoms with E-state index in [1.54, 1.807) is 19.1 Å². The summed E-state index contributed by atoms with van der Waals surface area (Å²) in [7, 11) is 3.36. The first kappa shape index (κ1) is 18.3. The molecule has 3 heterocycles. The third-order valence-corrected chi connectivity index (χ3v) is 5.45. The van der Waals surface area contributed by atoms with Crippen LogP contribution in [0.2, 0.25) is 0 Å². The number of likely N-dealkylation sites (N-methyl/N-ethyl adjacent to an activating group) is 1. The standard InChI is InChI=1S/C20H25N5O3/c1-5-10-23-18(26)16-17(22(3)20(23)27)21-19-24(13(2)11-25(16)19)12-14-6-8-15(28-4)9-7-14/h6-9,11,16-17H,5,10,12H2,1-4H3. The number of guanidine groups is 1. The highest BCUT2D eigenvalue weighted by molar-refractivity contribution is 6.04. The van der Waals surface area contributed by atoms with Crippen molar-refractivity contribution in [2.45, 2.75) is 39.0 Å². The summed E-state index contributed by atoms with van der Waals surface area (Å²) in [4.78, 5) is 37.3. The van der Waals surface area contributed by atoms with Crippen molar-refractivity contribution in [3.05, 3.63) is 41.7 Å². The van der Waals surface area contributed by atoms with Gasteiger partial charge in [-0.05, 0) is 31.0 Å². The molecule has 8 nitrogen and oxygen atoms in total. The van der Waals surface area contributed by atoms with Gasteiger partial charge in [-0.15, -0.1) is 0 Å². The van der Waals surface area contributed by atoms with Crippen molar-refractivity contribution in [2.24, 2.45) is 4.99 Å². The van der Waals surface area contributed by atoms with E-state index in [4.69, 9.17) is 9.73 Å². The third kappa shape index (κ3) is 2.71. The zero-order valence-electron chi connectivity index (χ0n) is 16.6. The maximum absolute atomic E-state index is 13.0. The number of hydrogen-bond acceptors (Lipinski definition) is 6. The van der Waals surface area contributed by atoms with Crippen LogP contribution in [0.5, 0.6) is 5.75 Å². The van der Waals surface area contributed by atoms with Crippen molar-refractivity contribution < 1.29 is 14.3 Å². The van der Waals surface area contributed by atoms with E-state index in [1.165, 1.54) is 4.90 Å². The maximum atomic E-state index is 13.0. The molecule has 0 spiro atoms. The quantitative estimate of drug-likeness (QED) is 0.778. The lowest BCUT2D eigenvalue weighted by molar-refractivity contribution is -0.136. The molecule has 0 N–H and O–H groups in total. The molecule has 1 fully saturated rings. The summed E-state index contributed by atoms with van der Waals surface area (Å²) in [5.41, 5.74) is 2.12. The average Bonchev–Trinajstić information content (AvgIpc) is 3.20. The molecule has 8 heteroatoms. The van der Waals surface area contributed by atoms with E-state index < -0.39 is 12.2 Å². The second-order valence-electron chi connectivity index (χ2n) is 7.28. The number of hydrogen-bond donors (Lipinski definition) is 0. The van der Waals surface area contributed by atoms with Gasteiger partial charge in [0.05, 0.1) is 13.7 Å². The molecule has 0 aromatic heterocycles. The highest BCUT2D eigenvalue weighted by Crippen LogP contribution is 2.34. The molecule has 3 aliphatic heterocycles.